The second-order valence-electron chi connectivity index (χ2n) is 5.36. The fourth-order valence-electron chi connectivity index (χ4n) is 2.58. The quantitative estimate of drug-likeness (QED) is 0.841. The molecule has 1 aliphatic rings. The molecule has 0 saturated carbocycles. The molecule has 1 saturated heterocycles. The first-order chi connectivity index (χ1) is 8.78. The summed E-state index contributed by atoms with van der Waals surface area (Å²) in [7, 11) is 0. The highest BCUT2D eigenvalue weighted by molar-refractivity contribution is 5.06. The zero-order valence-corrected chi connectivity index (χ0v) is 11.7. The summed E-state index contributed by atoms with van der Waals surface area (Å²) in [6.07, 6.45) is 5.11. The van der Waals surface area contributed by atoms with Gasteiger partial charge in [-0.2, -0.15) is 0 Å². The lowest BCUT2D eigenvalue weighted by atomic mass is 10.1. The van der Waals surface area contributed by atoms with Crippen molar-refractivity contribution in [1.82, 2.24) is 10.2 Å². The van der Waals surface area contributed by atoms with Gasteiger partial charge < -0.3 is 14.6 Å². The number of furan rings is 1. The number of nitrogens with zero attached hydrogens (tertiary/aromatic N) is 1. The Morgan fingerprint density at radius 2 is 1.94 bits per heavy atom. The van der Waals surface area contributed by atoms with Crippen LogP contribution in [0.2, 0.25) is 0 Å². The Kier molecular flexibility index (Phi) is 5.26. The van der Waals surface area contributed by atoms with Crippen molar-refractivity contribution in [1.29, 1.82) is 0 Å². The monoisotopic (exact) mass is 250 g/mol. The maximum Gasteiger partial charge on any atom is 0.117 e. The van der Waals surface area contributed by atoms with Crippen LogP contribution in [0, 0.1) is 0 Å². The molecule has 1 N–H and O–H groups in total. The van der Waals surface area contributed by atoms with Gasteiger partial charge in [-0.05, 0) is 45.0 Å². The molecule has 1 aliphatic heterocycles. The average molecular weight is 250 g/mol. The van der Waals surface area contributed by atoms with Gasteiger partial charge in [0.05, 0.1) is 6.54 Å². The zero-order valence-electron chi connectivity index (χ0n) is 11.7. The van der Waals surface area contributed by atoms with Crippen LogP contribution in [0.5, 0.6) is 0 Å². The summed E-state index contributed by atoms with van der Waals surface area (Å²) in [5, 5.41) is 3.55. The van der Waals surface area contributed by atoms with Crippen LogP contribution in [0.15, 0.2) is 16.5 Å². The van der Waals surface area contributed by atoms with Gasteiger partial charge in [0.2, 0.25) is 0 Å². The van der Waals surface area contributed by atoms with Gasteiger partial charge in [-0.1, -0.05) is 13.3 Å². The Hall–Kier alpha value is -0.800. The summed E-state index contributed by atoms with van der Waals surface area (Å²) >= 11 is 0. The third kappa shape index (κ3) is 4.14. The normalized spacial score (nSPS) is 19.0. The molecule has 0 bridgehead atoms. The van der Waals surface area contributed by atoms with Gasteiger partial charge in [0, 0.05) is 19.0 Å². The molecule has 2 rings (SSSR count). The molecule has 0 aromatic carbocycles. The lowest BCUT2D eigenvalue weighted by molar-refractivity contribution is 0.207. The van der Waals surface area contributed by atoms with E-state index in [1.54, 1.807) is 0 Å². The van der Waals surface area contributed by atoms with Crippen LogP contribution in [-0.2, 0) is 13.0 Å². The van der Waals surface area contributed by atoms with Crippen LogP contribution >= 0.6 is 0 Å². The highest BCUT2D eigenvalue weighted by atomic mass is 16.3. The Morgan fingerprint density at radius 3 is 2.61 bits per heavy atom. The molecule has 1 aromatic rings. The van der Waals surface area contributed by atoms with E-state index in [4.69, 9.17) is 4.42 Å². The molecule has 1 fully saturated rings. The van der Waals surface area contributed by atoms with Crippen molar-refractivity contribution >= 4 is 0 Å². The largest absolute Gasteiger partial charge is 0.465 e. The van der Waals surface area contributed by atoms with Crippen LogP contribution in [-0.4, -0.2) is 30.6 Å². The van der Waals surface area contributed by atoms with Crippen LogP contribution in [0.25, 0.3) is 0 Å². The van der Waals surface area contributed by atoms with Gasteiger partial charge >= 0.3 is 0 Å². The molecular weight excluding hydrogens is 224 g/mol. The molecule has 0 aliphatic carbocycles. The molecule has 3 nitrogen and oxygen atoms in total. The smallest absolute Gasteiger partial charge is 0.117 e. The SMILES string of the molecule is CCc1ccc(CNC(C)CN2CCCCC2)o1. The molecule has 1 aromatic heterocycles. The fourth-order valence-corrected chi connectivity index (χ4v) is 2.58. The van der Waals surface area contributed by atoms with Crippen molar-refractivity contribution in [3.8, 4) is 0 Å². The number of aryl methyl sites for hydroxylation is 1. The number of nitrogens with one attached hydrogen (secondary N) is 1. The molecule has 0 amide bonds. The Bertz CT molecular complexity index is 342. The zero-order chi connectivity index (χ0) is 12.8. The van der Waals surface area contributed by atoms with E-state index in [0.717, 1.165) is 31.0 Å². The summed E-state index contributed by atoms with van der Waals surface area (Å²) in [5.74, 6) is 2.13. The van der Waals surface area contributed by atoms with E-state index in [1.165, 1.54) is 32.4 Å². The maximum absolute atomic E-state index is 5.70. The molecule has 0 spiro atoms. The number of likely N-dealkylation sites (tertiary alicyclic amines) is 1. The number of hydrogen-bond acceptors (Lipinski definition) is 3. The molecule has 2 heterocycles. The third-order valence-electron chi connectivity index (χ3n) is 3.67. The second-order valence-corrected chi connectivity index (χ2v) is 5.36. The number of rotatable bonds is 6. The van der Waals surface area contributed by atoms with Crippen LogP contribution in [0.4, 0.5) is 0 Å². The van der Waals surface area contributed by atoms with Crippen molar-refractivity contribution in [2.24, 2.45) is 0 Å². The Morgan fingerprint density at radius 1 is 1.22 bits per heavy atom. The van der Waals surface area contributed by atoms with Gasteiger partial charge in [0.15, 0.2) is 0 Å². The Balaban J connectivity index is 1.68. The van der Waals surface area contributed by atoms with Crippen molar-refractivity contribution in [2.45, 2.75) is 52.1 Å². The molecule has 102 valence electrons. The van der Waals surface area contributed by atoms with Crippen LogP contribution < -0.4 is 5.32 Å². The molecular formula is C15H26N2O. The first-order valence-electron chi connectivity index (χ1n) is 7.31. The first-order valence-corrected chi connectivity index (χ1v) is 7.31. The second kappa shape index (κ2) is 6.95. The van der Waals surface area contributed by atoms with Crippen molar-refractivity contribution < 1.29 is 4.42 Å². The molecule has 1 atom stereocenters. The van der Waals surface area contributed by atoms with Gasteiger partial charge in [-0.25, -0.2) is 0 Å². The van der Waals surface area contributed by atoms with Crippen LogP contribution in [0.3, 0.4) is 0 Å². The summed E-state index contributed by atoms with van der Waals surface area (Å²) in [5.41, 5.74) is 0. The van der Waals surface area contributed by atoms with Gasteiger partial charge in [0.25, 0.3) is 0 Å². The first kappa shape index (κ1) is 13.6. The highest BCUT2D eigenvalue weighted by Gasteiger charge is 2.13. The van der Waals surface area contributed by atoms with E-state index >= 15 is 0 Å². The van der Waals surface area contributed by atoms with Gasteiger partial charge in [-0.3, -0.25) is 0 Å². The maximum atomic E-state index is 5.70. The minimum absolute atomic E-state index is 0.526. The molecule has 3 heteroatoms. The fraction of sp³-hybridized carbons (Fsp3) is 0.733. The topological polar surface area (TPSA) is 28.4 Å². The lowest BCUT2D eigenvalue weighted by Crippen LogP contribution is -2.41. The highest BCUT2D eigenvalue weighted by Crippen LogP contribution is 2.10. The molecule has 0 radical (unpaired) electrons. The summed E-state index contributed by atoms with van der Waals surface area (Å²) < 4.78 is 5.70. The van der Waals surface area contributed by atoms with Crippen molar-refractivity contribution in [2.75, 3.05) is 19.6 Å². The third-order valence-corrected chi connectivity index (χ3v) is 3.67. The van der Waals surface area contributed by atoms with E-state index in [2.05, 4.69) is 36.2 Å². The van der Waals surface area contributed by atoms with E-state index in [0.29, 0.717) is 6.04 Å². The molecule has 18 heavy (non-hydrogen) atoms. The predicted molar refractivity (Wildman–Crippen MR) is 74.7 cm³/mol. The van der Waals surface area contributed by atoms with Crippen molar-refractivity contribution in [3.05, 3.63) is 23.7 Å². The van der Waals surface area contributed by atoms with Gasteiger partial charge in [-0.15, -0.1) is 0 Å². The van der Waals surface area contributed by atoms with E-state index in [1.807, 2.05) is 0 Å². The summed E-state index contributed by atoms with van der Waals surface area (Å²) in [6.45, 7) is 8.92. The van der Waals surface area contributed by atoms with E-state index in [-0.39, 0.29) is 0 Å². The van der Waals surface area contributed by atoms with E-state index in [9.17, 15) is 0 Å². The van der Waals surface area contributed by atoms with Gasteiger partial charge in [0.1, 0.15) is 11.5 Å². The van der Waals surface area contributed by atoms with Crippen LogP contribution in [0.1, 0.15) is 44.6 Å². The Labute approximate surface area is 111 Å². The minimum atomic E-state index is 0.526. The summed E-state index contributed by atoms with van der Waals surface area (Å²) in [4.78, 5) is 2.57. The van der Waals surface area contributed by atoms with E-state index < -0.39 is 0 Å². The number of hydrogen-bond donors (Lipinski definition) is 1. The predicted octanol–water partition coefficient (Wildman–Crippen LogP) is 2.81. The average Bonchev–Trinajstić information content (AvgIpc) is 2.85. The summed E-state index contributed by atoms with van der Waals surface area (Å²) in [6, 6.07) is 4.68. The lowest BCUT2D eigenvalue weighted by Gasteiger charge is -2.29. The van der Waals surface area contributed by atoms with Crippen molar-refractivity contribution in [3.63, 3.8) is 0 Å². The molecule has 1 unspecified atom stereocenters. The number of piperidine rings is 1. The minimum Gasteiger partial charge on any atom is -0.465 e. The standard InChI is InChI=1S/C15H26N2O/c1-3-14-7-8-15(18-14)11-16-13(2)12-17-9-5-4-6-10-17/h7-8,13,16H,3-6,9-12H2,1-2H3.